The van der Waals surface area contributed by atoms with Gasteiger partial charge in [-0.15, -0.1) is 0 Å². The summed E-state index contributed by atoms with van der Waals surface area (Å²) in [6.07, 6.45) is 0.764. The fraction of sp³-hybridized carbons (Fsp3) is 0.750. The van der Waals surface area contributed by atoms with E-state index in [0.29, 0.717) is 26.1 Å². The van der Waals surface area contributed by atoms with Crippen LogP contribution in [-0.2, 0) is 14.3 Å². The highest BCUT2D eigenvalue weighted by Crippen LogP contribution is 1.85. The van der Waals surface area contributed by atoms with Crippen molar-refractivity contribution in [1.82, 2.24) is 0 Å². The van der Waals surface area contributed by atoms with E-state index in [1.807, 2.05) is 6.07 Å². The topological polar surface area (TPSA) is 59.3 Å². The summed E-state index contributed by atoms with van der Waals surface area (Å²) in [5.74, 6) is -0.223. The maximum atomic E-state index is 10.6. The Balaban J connectivity index is 3.01. The molecule has 12 heavy (non-hydrogen) atoms. The second kappa shape index (κ2) is 8.02. The summed E-state index contributed by atoms with van der Waals surface area (Å²) < 4.78 is 9.69. The highest BCUT2D eigenvalue weighted by molar-refractivity contribution is 5.68. The van der Waals surface area contributed by atoms with E-state index >= 15 is 0 Å². The van der Waals surface area contributed by atoms with Crippen molar-refractivity contribution in [3.63, 3.8) is 0 Å². The van der Waals surface area contributed by atoms with Crippen LogP contribution < -0.4 is 0 Å². The van der Waals surface area contributed by atoms with Crippen molar-refractivity contribution in [2.24, 2.45) is 0 Å². The monoisotopic (exact) mass is 171 g/mol. The minimum absolute atomic E-state index is 0.223. The fourth-order valence-electron chi connectivity index (χ4n) is 0.536. The van der Waals surface area contributed by atoms with Crippen molar-refractivity contribution in [1.29, 1.82) is 5.26 Å². The lowest BCUT2D eigenvalue weighted by atomic mass is 10.5. The fourth-order valence-corrected chi connectivity index (χ4v) is 0.536. The highest BCUT2D eigenvalue weighted by Gasteiger charge is 1.96. The van der Waals surface area contributed by atoms with Crippen LogP contribution in [0.15, 0.2) is 0 Å². The second-order valence-corrected chi connectivity index (χ2v) is 2.09. The van der Waals surface area contributed by atoms with E-state index in [-0.39, 0.29) is 12.6 Å². The molecular weight excluding hydrogens is 158 g/mol. The lowest BCUT2D eigenvalue weighted by molar-refractivity contribution is -0.144. The van der Waals surface area contributed by atoms with Gasteiger partial charge in [0.1, 0.15) is 6.61 Å². The molecular formula is C8H13NO3. The van der Waals surface area contributed by atoms with Gasteiger partial charge in [-0.05, 0) is 0 Å². The van der Waals surface area contributed by atoms with Crippen molar-refractivity contribution in [2.45, 2.75) is 19.8 Å². The van der Waals surface area contributed by atoms with Gasteiger partial charge in [0.15, 0.2) is 0 Å². The number of hydrogen-bond acceptors (Lipinski definition) is 4. The summed E-state index contributed by atoms with van der Waals surface area (Å²) in [4.78, 5) is 10.6. The molecule has 0 saturated carbocycles. The van der Waals surface area contributed by atoms with E-state index < -0.39 is 0 Å². The molecule has 0 aromatic rings. The van der Waals surface area contributed by atoms with Crippen LogP contribution >= 0.6 is 0 Å². The molecule has 4 heteroatoms. The van der Waals surface area contributed by atoms with Gasteiger partial charge in [0.2, 0.25) is 0 Å². The molecule has 0 fully saturated rings. The van der Waals surface area contributed by atoms with Gasteiger partial charge >= 0.3 is 5.97 Å². The van der Waals surface area contributed by atoms with Crippen LogP contribution in [0.25, 0.3) is 0 Å². The van der Waals surface area contributed by atoms with E-state index in [1.165, 1.54) is 0 Å². The van der Waals surface area contributed by atoms with Gasteiger partial charge in [0.05, 0.1) is 25.7 Å². The zero-order chi connectivity index (χ0) is 9.23. The van der Waals surface area contributed by atoms with Gasteiger partial charge < -0.3 is 9.47 Å². The van der Waals surface area contributed by atoms with Gasteiger partial charge in [-0.25, -0.2) is 0 Å². The molecule has 0 N–H and O–H groups in total. The SMILES string of the molecule is CCC(=O)OCCOCCC#N. The molecule has 0 aliphatic heterocycles. The first-order chi connectivity index (χ1) is 5.81. The second-order valence-electron chi connectivity index (χ2n) is 2.09. The number of esters is 1. The van der Waals surface area contributed by atoms with Crippen LogP contribution in [0.1, 0.15) is 19.8 Å². The molecule has 0 radical (unpaired) electrons. The Bertz CT molecular complexity index is 162. The van der Waals surface area contributed by atoms with E-state index in [4.69, 9.17) is 14.7 Å². The number of carbonyl (C=O) groups excluding carboxylic acids is 1. The molecule has 0 aliphatic rings. The molecule has 0 aromatic heterocycles. The quantitative estimate of drug-likeness (QED) is 0.439. The van der Waals surface area contributed by atoms with Gasteiger partial charge in [0.25, 0.3) is 0 Å². The average Bonchev–Trinajstić information content (AvgIpc) is 2.10. The van der Waals surface area contributed by atoms with Gasteiger partial charge in [-0.3, -0.25) is 4.79 Å². The summed E-state index contributed by atoms with van der Waals surface area (Å²) in [6, 6.07) is 1.95. The van der Waals surface area contributed by atoms with Gasteiger partial charge in [-0.1, -0.05) is 6.92 Å². The van der Waals surface area contributed by atoms with Crippen LogP contribution in [0, 0.1) is 11.3 Å². The lowest BCUT2D eigenvalue weighted by Gasteiger charge is -2.02. The summed E-state index contributed by atoms with van der Waals surface area (Å²) in [5, 5.41) is 8.13. The maximum absolute atomic E-state index is 10.6. The van der Waals surface area contributed by atoms with Crippen molar-refractivity contribution in [3.8, 4) is 6.07 Å². The normalized spacial score (nSPS) is 9.00. The number of ether oxygens (including phenoxy) is 2. The minimum Gasteiger partial charge on any atom is -0.463 e. The summed E-state index contributed by atoms with van der Waals surface area (Å²) in [6.45, 7) is 2.78. The lowest BCUT2D eigenvalue weighted by Crippen LogP contribution is -2.09. The number of carbonyl (C=O) groups is 1. The summed E-state index contributed by atoms with van der Waals surface area (Å²) >= 11 is 0. The third kappa shape index (κ3) is 7.03. The predicted molar refractivity (Wildman–Crippen MR) is 42.3 cm³/mol. The van der Waals surface area contributed by atoms with Crippen LogP contribution in [0.2, 0.25) is 0 Å². The van der Waals surface area contributed by atoms with Crippen molar-refractivity contribution in [2.75, 3.05) is 19.8 Å². The maximum Gasteiger partial charge on any atom is 0.305 e. The zero-order valence-electron chi connectivity index (χ0n) is 7.21. The first kappa shape index (κ1) is 10.9. The van der Waals surface area contributed by atoms with Gasteiger partial charge in [0, 0.05) is 6.42 Å². The van der Waals surface area contributed by atoms with Crippen molar-refractivity contribution < 1.29 is 14.3 Å². The molecule has 0 atom stereocenters. The Morgan fingerprint density at radius 2 is 2.17 bits per heavy atom. The average molecular weight is 171 g/mol. The molecule has 4 nitrogen and oxygen atoms in total. The number of nitriles is 1. The molecule has 68 valence electrons. The van der Waals surface area contributed by atoms with Gasteiger partial charge in [-0.2, -0.15) is 5.26 Å². The predicted octanol–water partition coefficient (Wildman–Crippen LogP) is 0.870. The Kier molecular flexibility index (Phi) is 7.30. The van der Waals surface area contributed by atoms with Crippen LogP contribution in [0.5, 0.6) is 0 Å². The van der Waals surface area contributed by atoms with Crippen molar-refractivity contribution >= 4 is 5.97 Å². The van der Waals surface area contributed by atoms with E-state index in [9.17, 15) is 4.79 Å². The zero-order valence-corrected chi connectivity index (χ0v) is 7.21. The molecule has 0 aromatic carbocycles. The molecule has 0 aliphatic carbocycles. The Hall–Kier alpha value is -1.08. The third-order valence-electron chi connectivity index (χ3n) is 1.14. The molecule has 0 saturated heterocycles. The summed E-state index contributed by atoms with van der Waals surface area (Å²) in [5.41, 5.74) is 0. The molecule has 0 spiro atoms. The Morgan fingerprint density at radius 1 is 1.42 bits per heavy atom. The summed E-state index contributed by atoms with van der Waals surface area (Å²) in [7, 11) is 0. The molecule has 0 bridgehead atoms. The van der Waals surface area contributed by atoms with E-state index in [1.54, 1.807) is 6.92 Å². The molecule has 0 unspecified atom stereocenters. The Morgan fingerprint density at radius 3 is 2.75 bits per heavy atom. The minimum atomic E-state index is -0.223. The standard InChI is InChI=1S/C8H13NO3/c1-2-8(10)12-7-6-11-5-3-4-9/h2-3,5-7H2,1H3. The number of nitrogens with zero attached hydrogens (tertiary/aromatic N) is 1. The van der Waals surface area contributed by atoms with Crippen LogP contribution in [-0.4, -0.2) is 25.8 Å². The first-order valence-corrected chi connectivity index (χ1v) is 3.91. The largest absolute Gasteiger partial charge is 0.463 e. The number of hydrogen-bond donors (Lipinski definition) is 0. The van der Waals surface area contributed by atoms with Crippen LogP contribution in [0.3, 0.4) is 0 Å². The highest BCUT2D eigenvalue weighted by atomic mass is 16.6. The third-order valence-corrected chi connectivity index (χ3v) is 1.14. The van der Waals surface area contributed by atoms with E-state index in [0.717, 1.165) is 0 Å². The Labute approximate surface area is 72.1 Å². The number of rotatable bonds is 6. The molecule has 0 amide bonds. The van der Waals surface area contributed by atoms with E-state index in [2.05, 4.69) is 0 Å². The van der Waals surface area contributed by atoms with Crippen LogP contribution in [0.4, 0.5) is 0 Å². The molecule has 0 rings (SSSR count). The smallest absolute Gasteiger partial charge is 0.305 e. The van der Waals surface area contributed by atoms with Crippen molar-refractivity contribution in [3.05, 3.63) is 0 Å². The first-order valence-electron chi connectivity index (χ1n) is 3.91. The molecule has 0 heterocycles.